The van der Waals surface area contributed by atoms with E-state index in [9.17, 15) is 4.79 Å². The minimum atomic E-state index is -0.148. The molecule has 0 bridgehead atoms. The van der Waals surface area contributed by atoms with Crippen LogP contribution in [0.1, 0.15) is 57.8 Å². The third-order valence-corrected chi connectivity index (χ3v) is 4.07. The van der Waals surface area contributed by atoms with E-state index >= 15 is 0 Å². The van der Waals surface area contributed by atoms with Crippen molar-refractivity contribution >= 4 is 35.9 Å². The van der Waals surface area contributed by atoms with Gasteiger partial charge in [-0.2, -0.15) is 0 Å². The molecule has 1 aliphatic rings. The maximum Gasteiger partial charge on any atom is 0.305 e. The molecule has 6 nitrogen and oxygen atoms in total. The van der Waals surface area contributed by atoms with Gasteiger partial charge < -0.3 is 20.1 Å². The summed E-state index contributed by atoms with van der Waals surface area (Å²) in [4.78, 5) is 15.2. The molecule has 1 saturated carbocycles. The number of hydrogen-bond donors (Lipinski definition) is 2. The molecule has 142 valence electrons. The molecular formula is C17H34IN3O3. The Balaban J connectivity index is 0.00000529. The van der Waals surface area contributed by atoms with Crippen molar-refractivity contribution in [1.29, 1.82) is 0 Å². The van der Waals surface area contributed by atoms with Gasteiger partial charge >= 0.3 is 5.97 Å². The minimum Gasteiger partial charge on any atom is -0.469 e. The lowest BCUT2D eigenvalue weighted by molar-refractivity contribution is -0.140. The summed E-state index contributed by atoms with van der Waals surface area (Å²) in [7, 11) is 3.19. The van der Waals surface area contributed by atoms with Gasteiger partial charge in [-0.15, -0.1) is 24.0 Å². The van der Waals surface area contributed by atoms with E-state index in [4.69, 9.17) is 4.74 Å². The molecule has 0 radical (unpaired) electrons. The fourth-order valence-electron chi connectivity index (χ4n) is 2.68. The number of ether oxygens (including phenoxy) is 2. The highest BCUT2D eigenvalue weighted by Gasteiger charge is 2.12. The van der Waals surface area contributed by atoms with Crippen LogP contribution in [0.4, 0.5) is 0 Å². The van der Waals surface area contributed by atoms with Gasteiger partial charge in [0.05, 0.1) is 13.2 Å². The van der Waals surface area contributed by atoms with Crippen molar-refractivity contribution in [2.24, 2.45) is 4.99 Å². The van der Waals surface area contributed by atoms with Crippen molar-refractivity contribution < 1.29 is 14.3 Å². The van der Waals surface area contributed by atoms with Crippen LogP contribution in [0.5, 0.6) is 0 Å². The lowest BCUT2D eigenvalue weighted by Crippen LogP contribution is -2.38. The van der Waals surface area contributed by atoms with Crippen LogP contribution in [0.15, 0.2) is 4.99 Å². The van der Waals surface area contributed by atoms with E-state index in [-0.39, 0.29) is 29.9 Å². The van der Waals surface area contributed by atoms with Gasteiger partial charge in [0.25, 0.3) is 0 Å². The topological polar surface area (TPSA) is 72.0 Å². The molecule has 1 rings (SSSR count). The molecule has 7 heteroatoms. The quantitative estimate of drug-likeness (QED) is 0.174. The van der Waals surface area contributed by atoms with Crippen LogP contribution >= 0.6 is 24.0 Å². The van der Waals surface area contributed by atoms with Crippen LogP contribution in [0.3, 0.4) is 0 Å². The van der Waals surface area contributed by atoms with Crippen molar-refractivity contribution in [3.8, 4) is 0 Å². The summed E-state index contributed by atoms with van der Waals surface area (Å²) in [5, 5.41) is 6.53. The van der Waals surface area contributed by atoms with Gasteiger partial charge in [0.15, 0.2) is 5.96 Å². The Labute approximate surface area is 163 Å². The van der Waals surface area contributed by atoms with Crippen molar-refractivity contribution in [2.45, 2.75) is 63.9 Å². The summed E-state index contributed by atoms with van der Waals surface area (Å²) >= 11 is 0. The molecule has 0 heterocycles. The fraction of sp³-hybridized carbons (Fsp3) is 0.882. The predicted molar refractivity (Wildman–Crippen MR) is 108 cm³/mol. The molecule has 0 amide bonds. The van der Waals surface area contributed by atoms with Crippen LogP contribution < -0.4 is 10.6 Å². The number of esters is 1. The van der Waals surface area contributed by atoms with Gasteiger partial charge in [-0.05, 0) is 32.1 Å². The van der Waals surface area contributed by atoms with Crippen molar-refractivity contribution in [1.82, 2.24) is 10.6 Å². The maximum absolute atomic E-state index is 11.0. The maximum atomic E-state index is 11.0. The number of aliphatic imine (C=N–C) groups is 1. The number of halogens is 1. The Morgan fingerprint density at radius 2 is 1.75 bits per heavy atom. The third kappa shape index (κ3) is 11.9. The fourth-order valence-corrected chi connectivity index (χ4v) is 2.68. The molecule has 0 aromatic heterocycles. The molecule has 0 aromatic carbocycles. The molecule has 1 aliphatic carbocycles. The standard InChI is InChI=1S/C17H33N3O3.HI/c1-18-17(19-12-7-6-11-16(21)22-2)20-13-8-14-23-15-9-4-3-5-10-15;/h15H,3-14H2,1-2H3,(H2,18,19,20);1H. The molecule has 0 aliphatic heterocycles. The van der Waals surface area contributed by atoms with Crippen LogP contribution in [0, 0.1) is 0 Å². The van der Waals surface area contributed by atoms with Crippen molar-refractivity contribution in [3.63, 3.8) is 0 Å². The molecule has 24 heavy (non-hydrogen) atoms. The normalized spacial score (nSPS) is 15.5. The van der Waals surface area contributed by atoms with E-state index < -0.39 is 0 Å². The number of carbonyl (C=O) groups is 1. The second-order valence-corrected chi connectivity index (χ2v) is 5.94. The van der Waals surface area contributed by atoms with Crippen LogP contribution in [0.2, 0.25) is 0 Å². The van der Waals surface area contributed by atoms with Crippen LogP contribution in [0.25, 0.3) is 0 Å². The average Bonchev–Trinajstić information content (AvgIpc) is 2.60. The molecule has 0 aromatic rings. The highest BCUT2D eigenvalue weighted by molar-refractivity contribution is 14.0. The Hall–Kier alpha value is -0.570. The van der Waals surface area contributed by atoms with Crippen molar-refractivity contribution in [2.75, 3.05) is 33.9 Å². The van der Waals surface area contributed by atoms with Gasteiger partial charge in [0.2, 0.25) is 0 Å². The zero-order chi connectivity index (χ0) is 16.8. The first-order valence-corrected chi connectivity index (χ1v) is 8.89. The smallest absolute Gasteiger partial charge is 0.305 e. The second kappa shape index (κ2) is 15.9. The highest BCUT2D eigenvalue weighted by Crippen LogP contribution is 2.20. The zero-order valence-electron chi connectivity index (χ0n) is 15.1. The number of nitrogens with one attached hydrogen (secondary N) is 2. The summed E-state index contributed by atoms with van der Waals surface area (Å²) in [6, 6.07) is 0. The van der Waals surface area contributed by atoms with Gasteiger partial charge in [-0.3, -0.25) is 9.79 Å². The van der Waals surface area contributed by atoms with E-state index in [1.165, 1.54) is 39.2 Å². The predicted octanol–water partition coefficient (Wildman–Crippen LogP) is 2.85. The first-order chi connectivity index (χ1) is 11.3. The number of hydrogen-bond acceptors (Lipinski definition) is 4. The Kier molecular flexibility index (Phi) is 15.6. The summed E-state index contributed by atoms with van der Waals surface area (Å²) < 4.78 is 10.5. The minimum absolute atomic E-state index is 0. The van der Waals surface area contributed by atoms with Gasteiger partial charge in [-0.25, -0.2) is 0 Å². The summed E-state index contributed by atoms with van der Waals surface area (Å²) in [5.74, 6) is 0.659. The molecule has 0 saturated heterocycles. The molecule has 1 fully saturated rings. The average molecular weight is 455 g/mol. The van der Waals surface area contributed by atoms with Gasteiger partial charge in [0, 0.05) is 33.2 Å². The monoisotopic (exact) mass is 455 g/mol. The third-order valence-electron chi connectivity index (χ3n) is 4.07. The number of guanidine groups is 1. The van der Waals surface area contributed by atoms with Crippen LogP contribution in [-0.4, -0.2) is 51.9 Å². The Morgan fingerprint density at radius 1 is 1.08 bits per heavy atom. The van der Waals surface area contributed by atoms with Crippen molar-refractivity contribution in [3.05, 3.63) is 0 Å². The van der Waals surface area contributed by atoms with Gasteiger partial charge in [0.1, 0.15) is 0 Å². The number of carbonyl (C=O) groups excluding carboxylic acids is 1. The number of rotatable bonds is 10. The van der Waals surface area contributed by atoms with E-state index in [2.05, 4.69) is 20.4 Å². The number of unbranched alkanes of at least 4 members (excludes halogenated alkanes) is 1. The SMILES string of the molecule is CN=C(NCCCCC(=O)OC)NCCCOC1CCCCC1.I. The first-order valence-electron chi connectivity index (χ1n) is 8.89. The summed E-state index contributed by atoms with van der Waals surface area (Å²) in [6.07, 6.45) is 10.1. The summed E-state index contributed by atoms with van der Waals surface area (Å²) in [5.41, 5.74) is 0. The van der Waals surface area contributed by atoms with E-state index in [1.807, 2.05) is 0 Å². The number of nitrogens with zero attached hydrogens (tertiary/aromatic N) is 1. The van der Waals surface area contributed by atoms with E-state index in [0.29, 0.717) is 12.5 Å². The highest BCUT2D eigenvalue weighted by atomic mass is 127. The Bertz CT molecular complexity index is 348. The molecule has 0 spiro atoms. The van der Waals surface area contributed by atoms with E-state index in [1.54, 1.807) is 7.05 Å². The molecule has 0 unspecified atom stereocenters. The largest absolute Gasteiger partial charge is 0.469 e. The molecule has 0 atom stereocenters. The van der Waals surface area contributed by atoms with Gasteiger partial charge in [-0.1, -0.05) is 19.3 Å². The molecule has 2 N–H and O–H groups in total. The van der Waals surface area contributed by atoms with E-state index in [0.717, 1.165) is 44.9 Å². The zero-order valence-corrected chi connectivity index (χ0v) is 17.5. The Morgan fingerprint density at radius 3 is 2.38 bits per heavy atom. The molecular weight excluding hydrogens is 421 g/mol. The second-order valence-electron chi connectivity index (χ2n) is 5.94. The lowest BCUT2D eigenvalue weighted by Gasteiger charge is -2.22. The summed E-state index contributed by atoms with van der Waals surface area (Å²) in [6.45, 7) is 2.47. The lowest BCUT2D eigenvalue weighted by atomic mass is 9.98. The van der Waals surface area contributed by atoms with Crippen LogP contribution in [-0.2, 0) is 14.3 Å². The first kappa shape index (κ1) is 23.4. The number of methoxy groups -OCH3 is 1.